The second-order valence-corrected chi connectivity index (χ2v) is 10.6. The summed E-state index contributed by atoms with van der Waals surface area (Å²) in [6.45, 7) is 13.9. The number of benzene rings is 2. The second-order valence-electron chi connectivity index (χ2n) is 10.6. The van der Waals surface area contributed by atoms with Crippen molar-refractivity contribution in [2.75, 3.05) is 18.0 Å². The van der Waals surface area contributed by atoms with Gasteiger partial charge >= 0.3 is 0 Å². The van der Waals surface area contributed by atoms with Crippen molar-refractivity contribution < 1.29 is 9.18 Å². The molecule has 4 rings (SSSR count). The van der Waals surface area contributed by atoms with Crippen LogP contribution in [0.1, 0.15) is 75.9 Å². The molecule has 0 radical (unpaired) electrons. The molecule has 7 heteroatoms. The number of aromatic nitrogens is 2. The number of nitrogens with two attached hydrogens (primary N) is 1. The number of anilines is 1. The summed E-state index contributed by atoms with van der Waals surface area (Å²) in [6.07, 6.45) is 7.56. The average Bonchev–Trinajstić information content (AvgIpc) is 3.40. The summed E-state index contributed by atoms with van der Waals surface area (Å²) in [6, 6.07) is 15.8. The quantitative estimate of drug-likeness (QED) is 0.234. The van der Waals surface area contributed by atoms with Crippen LogP contribution in [0.25, 0.3) is 16.9 Å². The molecule has 0 atom stereocenters. The number of rotatable bonds is 8. The molecule has 0 amide bonds. The van der Waals surface area contributed by atoms with E-state index in [9.17, 15) is 9.18 Å². The third-order valence-corrected chi connectivity index (χ3v) is 7.00. The Kier molecular flexibility index (Phi) is 10.8. The first-order valence-electron chi connectivity index (χ1n) is 13.9. The molecule has 1 aliphatic heterocycles. The summed E-state index contributed by atoms with van der Waals surface area (Å²) in [5.74, 6) is 0.0353. The molecule has 40 heavy (non-hydrogen) atoms. The number of hydrogen-bond acceptors (Lipinski definition) is 5. The Morgan fingerprint density at radius 2 is 1.80 bits per heavy atom. The molecular formula is C33H40FN5O. The maximum absolute atomic E-state index is 14.2. The van der Waals surface area contributed by atoms with Gasteiger partial charge in [0.05, 0.1) is 16.9 Å². The number of Topliss-reactive ketones (excluding diaryl/α,β-unsaturated/α-hetero) is 1. The van der Waals surface area contributed by atoms with Gasteiger partial charge in [0.2, 0.25) is 0 Å². The molecule has 0 unspecified atom stereocenters. The number of nitriles is 1. The predicted molar refractivity (Wildman–Crippen MR) is 161 cm³/mol. The first-order chi connectivity index (χ1) is 19.1. The van der Waals surface area contributed by atoms with Crippen LogP contribution in [0.4, 0.5) is 10.1 Å². The van der Waals surface area contributed by atoms with Crippen LogP contribution in [-0.4, -0.2) is 28.7 Å². The maximum Gasteiger partial charge on any atom is 0.180 e. The monoisotopic (exact) mass is 541 g/mol. The summed E-state index contributed by atoms with van der Waals surface area (Å²) in [5.41, 5.74) is 11.2. The van der Waals surface area contributed by atoms with Crippen molar-refractivity contribution in [3.63, 3.8) is 0 Å². The van der Waals surface area contributed by atoms with E-state index in [4.69, 9.17) is 11.0 Å². The molecule has 6 nitrogen and oxygen atoms in total. The molecule has 2 heterocycles. The number of carbonyl (C=O) groups excluding carboxylic acids is 1. The summed E-state index contributed by atoms with van der Waals surface area (Å²) in [7, 11) is 0. The minimum Gasteiger partial charge on any atom is -0.402 e. The second kappa shape index (κ2) is 14.3. The Morgan fingerprint density at radius 3 is 2.35 bits per heavy atom. The van der Waals surface area contributed by atoms with Gasteiger partial charge in [-0.15, -0.1) is 0 Å². The van der Waals surface area contributed by atoms with E-state index in [0.717, 1.165) is 55.3 Å². The largest absolute Gasteiger partial charge is 0.402 e. The van der Waals surface area contributed by atoms with Crippen molar-refractivity contribution >= 4 is 11.5 Å². The van der Waals surface area contributed by atoms with Crippen molar-refractivity contribution in [2.45, 2.75) is 59.8 Å². The topological polar surface area (TPSA) is 87.9 Å². The molecular weight excluding hydrogens is 501 g/mol. The van der Waals surface area contributed by atoms with Gasteiger partial charge in [-0.05, 0) is 81.0 Å². The average molecular weight is 542 g/mol. The highest BCUT2D eigenvalue weighted by Gasteiger charge is 2.17. The lowest BCUT2D eigenvalue weighted by Crippen LogP contribution is -2.30. The van der Waals surface area contributed by atoms with Crippen molar-refractivity contribution in [3.05, 3.63) is 89.5 Å². The normalized spacial score (nSPS) is 13.6. The number of ketones is 1. The number of halogens is 1. The van der Waals surface area contributed by atoms with Crippen LogP contribution in [0, 0.1) is 23.1 Å². The van der Waals surface area contributed by atoms with Crippen LogP contribution in [-0.2, 0) is 0 Å². The maximum atomic E-state index is 14.2. The molecule has 0 bridgehead atoms. The minimum absolute atomic E-state index is 0.0230. The summed E-state index contributed by atoms with van der Waals surface area (Å²) in [5, 5.41) is 13.4. The predicted octanol–water partition coefficient (Wildman–Crippen LogP) is 7.58. The first kappa shape index (κ1) is 30.4. The van der Waals surface area contributed by atoms with Gasteiger partial charge in [0.15, 0.2) is 5.78 Å². The molecule has 210 valence electrons. The third kappa shape index (κ3) is 8.16. The standard InChI is InChI=1S/C24H21FN4O.C9H19N/c1-16-9-11-28(12-10-16)20-5-7-21(8-6-20)29-24(14-23(27-29)17(2)30)18-3-4-19(15-26)22(25)13-18;1-4-9(10)7-5-6-8(2)3/h3-8,13-14H,1,9-12H2,2H3;4,8H,5-7,10H2,1-3H3/b;9-4+. The van der Waals surface area contributed by atoms with E-state index in [0.29, 0.717) is 17.0 Å². The molecule has 2 N–H and O–H groups in total. The zero-order chi connectivity index (χ0) is 29.2. The van der Waals surface area contributed by atoms with Crippen LogP contribution in [0.15, 0.2) is 72.5 Å². The molecule has 0 saturated carbocycles. The highest BCUT2D eigenvalue weighted by atomic mass is 19.1. The van der Waals surface area contributed by atoms with E-state index in [2.05, 4.69) is 30.4 Å². The molecule has 1 aliphatic rings. The Bertz CT molecular complexity index is 1390. The fraction of sp³-hybridized carbons (Fsp3) is 0.364. The van der Waals surface area contributed by atoms with Crippen molar-refractivity contribution in [1.29, 1.82) is 5.26 Å². The van der Waals surface area contributed by atoms with Gasteiger partial charge in [-0.1, -0.05) is 44.6 Å². The lowest BCUT2D eigenvalue weighted by atomic mass is 10.1. The van der Waals surface area contributed by atoms with Gasteiger partial charge in [-0.3, -0.25) is 4.79 Å². The minimum atomic E-state index is -0.603. The van der Waals surface area contributed by atoms with Crippen molar-refractivity contribution in [3.8, 4) is 23.0 Å². The van der Waals surface area contributed by atoms with E-state index in [-0.39, 0.29) is 11.3 Å². The highest BCUT2D eigenvalue weighted by molar-refractivity contribution is 5.93. The SMILES string of the molecule is C/C=C(/N)CCCC(C)C.C=C1CCN(c2ccc(-n3nc(C(C)=O)cc3-c3ccc(C#N)c(F)c3)cc2)CC1. The lowest BCUT2D eigenvalue weighted by Gasteiger charge is -2.30. The van der Waals surface area contributed by atoms with Crippen molar-refractivity contribution in [1.82, 2.24) is 9.78 Å². The van der Waals surface area contributed by atoms with Crippen molar-refractivity contribution in [2.24, 2.45) is 11.7 Å². The van der Waals surface area contributed by atoms with Gasteiger partial charge < -0.3 is 10.6 Å². The fourth-order valence-corrected chi connectivity index (χ4v) is 4.47. The fourth-order valence-electron chi connectivity index (χ4n) is 4.47. The zero-order valence-corrected chi connectivity index (χ0v) is 24.1. The molecule has 1 aromatic heterocycles. The van der Waals surface area contributed by atoms with Crippen LogP contribution in [0.3, 0.4) is 0 Å². The molecule has 1 saturated heterocycles. The Hall–Kier alpha value is -4.18. The van der Waals surface area contributed by atoms with E-state index in [1.54, 1.807) is 16.8 Å². The van der Waals surface area contributed by atoms with E-state index in [1.807, 2.05) is 43.3 Å². The van der Waals surface area contributed by atoms with E-state index in [1.165, 1.54) is 37.5 Å². The highest BCUT2D eigenvalue weighted by Crippen LogP contribution is 2.28. The van der Waals surface area contributed by atoms with Crippen LogP contribution in [0.2, 0.25) is 0 Å². The third-order valence-electron chi connectivity index (χ3n) is 7.00. The van der Waals surface area contributed by atoms with Gasteiger partial charge in [0.1, 0.15) is 17.6 Å². The van der Waals surface area contributed by atoms with Gasteiger partial charge in [0, 0.05) is 37.0 Å². The lowest BCUT2D eigenvalue weighted by molar-refractivity contribution is 0.101. The van der Waals surface area contributed by atoms with E-state index >= 15 is 0 Å². The number of allylic oxidation sites excluding steroid dienone is 2. The molecule has 3 aromatic rings. The van der Waals surface area contributed by atoms with Crippen LogP contribution in [0.5, 0.6) is 0 Å². The summed E-state index contributed by atoms with van der Waals surface area (Å²) < 4.78 is 15.8. The molecule has 0 spiro atoms. The van der Waals surface area contributed by atoms with Crippen LogP contribution >= 0.6 is 0 Å². The Balaban J connectivity index is 0.000000378. The molecule has 1 fully saturated rings. The van der Waals surface area contributed by atoms with E-state index < -0.39 is 5.82 Å². The number of carbonyl (C=O) groups is 1. The van der Waals surface area contributed by atoms with Gasteiger partial charge in [0.25, 0.3) is 0 Å². The number of hydrogen-bond donors (Lipinski definition) is 1. The summed E-state index contributed by atoms with van der Waals surface area (Å²) in [4.78, 5) is 14.2. The number of piperidine rings is 1. The van der Waals surface area contributed by atoms with Crippen LogP contribution < -0.4 is 10.6 Å². The smallest absolute Gasteiger partial charge is 0.180 e. The first-order valence-corrected chi connectivity index (χ1v) is 13.9. The number of nitrogens with zero attached hydrogens (tertiary/aromatic N) is 4. The van der Waals surface area contributed by atoms with Gasteiger partial charge in [-0.25, -0.2) is 9.07 Å². The van der Waals surface area contributed by atoms with Gasteiger partial charge in [-0.2, -0.15) is 10.4 Å². The summed E-state index contributed by atoms with van der Waals surface area (Å²) >= 11 is 0. The molecule has 0 aliphatic carbocycles. The molecule has 2 aromatic carbocycles. The Morgan fingerprint density at radius 1 is 1.15 bits per heavy atom. The zero-order valence-electron chi connectivity index (χ0n) is 24.1. The Labute approximate surface area is 237 Å².